The highest BCUT2D eigenvalue weighted by Crippen LogP contribution is 2.36. The number of thiophene rings is 1. The number of halogens is 1. The van der Waals surface area contributed by atoms with Crippen LogP contribution in [0.3, 0.4) is 0 Å². The molecular weight excluding hydrogens is 289 g/mol. The lowest BCUT2D eigenvalue weighted by Gasteiger charge is -2.09. The fourth-order valence-electron chi connectivity index (χ4n) is 2.10. The molecule has 6 heteroatoms. The van der Waals surface area contributed by atoms with Gasteiger partial charge in [-0.2, -0.15) is 0 Å². The minimum absolute atomic E-state index is 0.262. The summed E-state index contributed by atoms with van der Waals surface area (Å²) in [6.45, 7) is 2.12. The van der Waals surface area contributed by atoms with Crippen LogP contribution in [-0.2, 0) is 0 Å². The normalized spacial score (nSPS) is 12.5. The highest BCUT2D eigenvalue weighted by atomic mass is 32.1. The smallest absolute Gasteiger partial charge is 0.138 e. The molecule has 1 aromatic carbocycles. The molecule has 0 aliphatic rings. The lowest BCUT2D eigenvalue weighted by Crippen LogP contribution is -2.16. The van der Waals surface area contributed by atoms with Gasteiger partial charge in [-0.05, 0) is 24.6 Å². The number of aromatic nitrogens is 2. The molecule has 3 rings (SSSR count). The van der Waals surface area contributed by atoms with Gasteiger partial charge < -0.3 is 10.4 Å². The van der Waals surface area contributed by atoms with Crippen LogP contribution in [0.25, 0.3) is 21.3 Å². The van der Waals surface area contributed by atoms with Crippen molar-refractivity contribution in [3.63, 3.8) is 0 Å². The summed E-state index contributed by atoms with van der Waals surface area (Å²) in [6.07, 6.45) is 1.03. The monoisotopic (exact) mass is 303 g/mol. The average Bonchev–Trinajstić information content (AvgIpc) is 2.90. The zero-order chi connectivity index (χ0) is 14.8. The zero-order valence-corrected chi connectivity index (χ0v) is 12.2. The first-order chi connectivity index (χ1) is 10.1. The maximum Gasteiger partial charge on any atom is 0.138 e. The summed E-state index contributed by atoms with van der Waals surface area (Å²) in [4.78, 5) is 9.38. The van der Waals surface area contributed by atoms with E-state index in [-0.39, 0.29) is 5.82 Å². The number of fused-ring (bicyclic) bond motifs is 1. The largest absolute Gasteiger partial charge is 0.392 e. The van der Waals surface area contributed by atoms with Gasteiger partial charge >= 0.3 is 0 Å². The third-order valence-electron chi connectivity index (χ3n) is 3.09. The van der Waals surface area contributed by atoms with Crippen LogP contribution >= 0.6 is 11.3 Å². The lowest BCUT2D eigenvalue weighted by molar-refractivity contribution is 0.208. The molecule has 108 valence electrons. The third kappa shape index (κ3) is 2.86. The molecule has 0 saturated carbocycles. The summed E-state index contributed by atoms with van der Waals surface area (Å²) >= 11 is 1.51. The second kappa shape index (κ2) is 5.75. The summed E-state index contributed by atoms with van der Waals surface area (Å²) in [5, 5.41) is 15.4. The van der Waals surface area contributed by atoms with Gasteiger partial charge in [-0.15, -0.1) is 11.3 Å². The maximum atomic E-state index is 13.1. The van der Waals surface area contributed by atoms with Gasteiger partial charge in [0, 0.05) is 17.5 Å². The Morgan fingerprint density at radius 1 is 1.29 bits per heavy atom. The van der Waals surface area contributed by atoms with E-state index < -0.39 is 6.10 Å². The first kappa shape index (κ1) is 13.9. The van der Waals surface area contributed by atoms with Crippen LogP contribution < -0.4 is 5.32 Å². The molecule has 1 atom stereocenters. The second-order valence-corrected chi connectivity index (χ2v) is 5.65. The van der Waals surface area contributed by atoms with Gasteiger partial charge in [-0.1, -0.05) is 12.1 Å². The van der Waals surface area contributed by atoms with Crippen LogP contribution in [0.4, 0.5) is 10.2 Å². The molecule has 0 saturated heterocycles. The van der Waals surface area contributed by atoms with Gasteiger partial charge in [0.1, 0.15) is 22.8 Å². The second-order valence-electron chi connectivity index (χ2n) is 4.79. The topological polar surface area (TPSA) is 58.0 Å². The molecule has 0 spiro atoms. The van der Waals surface area contributed by atoms with Crippen molar-refractivity contribution in [3.05, 3.63) is 41.8 Å². The molecule has 2 heterocycles. The Kier molecular flexibility index (Phi) is 3.81. The number of anilines is 1. The molecule has 0 bridgehead atoms. The van der Waals surface area contributed by atoms with Gasteiger partial charge in [-0.25, -0.2) is 14.4 Å². The van der Waals surface area contributed by atoms with Crippen molar-refractivity contribution < 1.29 is 9.50 Å². The van der Waals surface area contributed by atoms with E-state index in [9.17, 15) is 9.50 Å². The SMILES string of the molecule is C[C@@H](O)CNc1ncnc2scc(-c3ccc(F)cc3)c12. The zero-order valence-electron chi connectivity index (χ0n) is 11.4. The summed E-state index contributed by atoms with van der Waals surface area (Å²) in [5.41, 5.74) is 1.88. The Bertz CT molecular complexity index is 755. The molecule has 3 aromatic rings. The van der Waals surface area contributed by atoms with E-state index in [4.69, 9.17) is 0 Å². The van der Waals surface area contributed by atoms with Gasteiger partial charge in [0.2, 0.25) is 0 Å². The highest BCUT2D eigenvalue weighted by Gasteiger charge is 2.13. The Hall–Kier alpha value is -2.05. The van der Waals surface area contributed by atoms with E-state index in [1.165, 1.54) is 29.8 Å². The van der Waals surface area contributed by atoms with E-state index in [1.807, 2.05) is 5.38 Å². The van der Waals surface area contributed by atoms with Crippen molar-refractivity contribution in [1.29, 1.82) is 0 Å². The van der Waals surface area contributed by atoms with Gasteiger partial charge in [0.15, 0.2) is 0 Å². The molecular formula is C15H14FN3OS. The van der Waals surface area contributed by atoms with Gasteiger partial charge in [-0.3, -0.25) is 0 Å². The van der Waals surface area contributed by atoms with Gasteiger partial charge in [0.25, 0.3) is 0 Å². The van der Waals surface area contributed by atoms with E-state index in [1.54, 1.807) is 19.1 Å². The summed E-state index contributed by atoms with van der Waals surface area (Å²) in [7, 11) is 0. The summed E-state index contributed by atoms with van der Waals surface area (Å²) < 4.78 is 13.1. The lowest BCUT2D eigenvalue weighted by atomic mass is 10.1. The van der Waals surface area contributed by atoms with Gasteiger partial charge in [0.05, 0.1) is 11.5 Å². The Morgan fingerprint density at radius 3 is 2.76 bits per heavy atom. The number of nitrogens with zero attached hydrogens (tertiary/aromatic N) is 2. The average molecular weight is 303 g/mol. The Balaban J connectivity index is 2.08. The van der Waals surface area contributed by atoms with Crippen molar-refractivity contribution in [2.45, 2.75) is 13.0 Å². The number of nitrogens with one attached hydrogen (secondary N) is 1. The van der Waals surface area contributed by atoms with Crippen molar-refractivity contribution in [3.8, 4) is 11.1 Å². The molecule has 0 fully saturated rings. The quantitative estimate of drug-likeness (QED) is 0.776. The first-order valence-electron chi connectivity index (χ1n) is 6.55. The molecule has 0 unspecified atom stereocenters. The van der Waals surface area contributed by atoms with E-state index in [0.29, 0.717) is 12.4 Å². The van der Waals surface area contributed by atoms with E-state index >= 15 is 0 Å². The first-order valence-corrected chi connectivity index (χ1v) is 7.43. The molecule has 2 aromatic heterocycles. The van der Waals surface area contributed by atoms with Crippen LogP contribution in [0, 0.1) is 5.82 Å². The van der Waals surface area contributed by atoms with Crippen LogP contribution in [0.5, 0.6) is 0 Å². The van der Waals surface area contributed by atoms with E-state index in [2.05, 4.69) is 15.3 Å². The summed E-state index contributed by atoms with van der Waals surface area (Å²) in [5.74, 6) is 0.420. The molecule has 0 aliphatic heterocycles. The van der Waals surface area contributed by atoms with Crippen LogP contribution in [0.15, 0.2) is 36.0 Å². The fraction of sp³-hybridized carbons (Fsp3) is 0.200. The van der Waals surface area contributed by atoms with Crippen LogP contribution in [0.2, 0.25) is 0 Å². The number of benzene rings is 1. The number of hydrogen-bond acceptors (Lipinski definition) is 5. The van der Waals surface area contributed by atoms with Crippen molar-refractivity contribution in [1.82, 2.24) is 9.97 Å². The molecule has 2 N–H and O–H groups in total. The molecule has 0 aliphatic carbocycles. The van der Waals surface area contributed by atoms with Crippen molar-refractivity contribution in [2.75, 3.05) is 11.9 Å². The predicted octanol–water partition coefficient (Wildman–Crippen LogP) is 3.29. The molecule has 4 nitrogen and oxygen atoms in total. The minimum atomic E-state index is -0.470. The highest BCUT2D eigenvalue weighted by molar-refractivity contribution is 7.17. The Labute approximate surface area is 125 Å². The maximum absolute atomic E-state index is 13.1. The minimum Gasteiger partial charge on any atom is -0.392 e. The summed E-state index contributed by atoms with van der Waals surface area (Å²) in [6, 6.07) is 6.35. The number of aliphatic hydroxyl groups excluding tert-OH is 1. The number of hydrogen-bond donors (Lipinski definition) is 2. The molecule has 21 heavy (non-hydrogen) atoms. The standard InChI is InChI=1S/C15H14FN3OS/c1-9(20)6-17-14-13-12(7-21-15(13)19-8-18-14)10-2-4-11(16)5-3-10/h2-5,7-9,20H,6H2,1H3,(H,17,18,19)/t9-/m1/s1. The third-order valence-corrected chi connectivity index (χ3v) is 3.98. The van der Waals surface area contributed by atoms with Crippen LogP contribution in [0.1, 0.15) is 6.92 Å². The van der Waals surface area contributed by atoms with Crippen molar-refractivity contribution >= 4 is 27.4 Å². The predicted molar refractivity (Wildman–Crippen MR) is 83.0 cm³/mol. The van der Waals surface area contributed by atoms with Crippen molar-refractivity contribution in [2.24, 2.45) is 0 Å². The number of aliphatic hydroxyl groups is 1. The van der Waals surface area contributed by atoms with E-state index in [0.717, 1.165) is 21.3 Å². The fourth-order valence-corrected chi connectivity index (χ4v) is 3.01. The number of rotatable bonds is 4. The Morgan fingerprint density at radius 2 is 2.05 bits per heavy atom. The van der Waals surface area contributed by atoms with Crippen LogP contribution in [-0.4, -0.2) is 27.7 Å². The molecule has 0 amide bonds. The molecule has 0 radical (unpaired) electrons.